The smallest absolute Gasteiger partial charge is 0.344 e. The molecule has 0 aromatic carbocycles. The van der Waals surface area contributed by atoms with E-state index in [0.717, 1.165) is 17.0 Å². The second-order valence-corrected chi connectivity index (χ2v) is 10.3. The van der Waals surface area contributed by atoms with Gasteiger partial charge in [0.1, 0.15) is 0 Å². The van der Waals surface area contributed by atoms with E-state index < -0.39 is 8.56 Å². The molecule has 0 spiro atoms. The Hall–Kier alpha value is 0.137. The van der Waals surface area contributed by atoms with Crippen LogP contribution in [-0.2, 0) is 8.85 Å². The summed E-state index contributed by atoms with van der Waals surface area (Å²) in [6.07, 6.45) is 12.3. The second-order valence-electron chi connectivity index (χ2n) is 6.43. The Morgan fingerprint density at radius 3 is 1.94 bits per heavy atom. The van der Waals surface area contributed by atoms with Gasteiger partial charge < -0.3 is 8.85 Å². The van der Waals surface area contributed by atoms with Crippen molar-refractivity contribution in [1.29, 1.82) is 0 Å². The Morgan fingerprint density at radius 2 is 1.39 bits per heavy atom. The Balaban J connectivity index is 2.13. The van der Waals surface area contributed by atoms with Gasteiger partial charge in [-0.3, -0.25) is 0 Å². The van der Waals surface area contributed by atoms with E-state index in [1.807, 2.05) is 14.2 Å². The van der Waals surface area contributed by atoms with Gasteiger partial charge in [-0.05, 0) is 31.6 Å². The predicted octanol–water partition coefficient (Wildman–Crippen LogP) is 4.64. The van der Waals surface area contributed by atoms with E-state index in [2.05, 4.69) is 6.92 Å². The topological polar surface area (TPSA) is 18.5 Å². The molecule has 0 aliphatic heterocycles. The van der Waals surface area contributed by atoms with Crippen molar-refractivity contribution < 1.29 is 8.85 Å². The lowest BCUT2D eigenvalue weighted by atomic mass is 9.90. The minimum atomic E-state index is -1.98. The van der Waals surface area contributed by atoms with Crippen LogP contribution >= 0.6 is 0 Å². The second kappa shape index (κ2) is 6.53. The van der Waals surface area contributed by atoms with E-state index >= 15 is 0 Å². The summed E-state index contributed by atoms with van der Waals surface area (Å²) in [5.74, 6) is 0.865. The summed E-state index contributed by atoms with van der Waals surface area (Å²) >= 11 is 0. The van der Waals surface area contributed by atoms with E-state index in [1.54, 1.807) is 0 Å². The third-order valence-corrected chi connectivity index (χ3v) is 9.97. The molecule has 2 atom stereocenters. The highest BCUT2D eigenvalue weighted by atomic mass is 28.4. The molecular formula is C15H30O2Si. The van der Waals surface area contributed by atoms with Crippen LogP contribution in [0.2, 0.25) is 11.1 Å². The number of hydrogen-bond acceptors (Lipinski definition) is 2. The highest BCUT2D eigenvalue weighted by molar-refractivity contribution is 6.70. The van der Waals surface area contributed by atoms with E-state index in [0.29, 0.717) is 0 Å². The van der Waals surface area contributed by atoms with Crippen molar-refractivity contribution in [2.45, 2.75) is 75.8 Å². The average molecular weight is 270 g/mol. The van der Waals surface area contributed by atoms with Crippen LogP contribution in [0.5, 0.6) is 0 Å². The molecule has 0 radical (unpaired) electrons. The van der Waals surface area contributed by atoms with Gasteiger partial charge in [-0.2, -0.15) is 0 Å². The molecule has 2 fully saturated rings. The summed E-state index contributed by atoms with van der Waals surface area (Å²) in [5, 5.41) is 0. The van der Waals surface area contributed by atoms with E-state index in [1.165, 1.54) is 57.8 Å². The molecule has 2 nitrogen and oxygen atoms in total. The molecule has 2 saturated carbocycles. The van der Waals surface area contributed by atoms with Gasteiger partial charge in [-0.15, -0.1) is 0 Å². The highest BCUT2D eigenvalue weighted by Crippen LogP contribution is 2.49. The molecule has 0 amide bonds. The van der Waals surface area contributed by atoms with Crippen LogP contribution in [0, 0.1) is 5.92 Å². The molecule has 0 aromatic heterocycles. The van der Waals surface area contributed by atoms with Gasteiger partial charge in [0.05, 0.1) is 0 Å². The van der Waals surface area contributed by atoms with Gasteiger partial charge in [0.25, 0.3) is 0 Å². The molecule has 18 heavy (non-hydrogen) atoms. The third kappa shape index (κ3) is 2.83. The van der Waals surface area contributed by atoms with Gasteiger partial charge in [0.2, 0.25) is 0 Å². The van der Waals surface area contributed by atoms with Crippen LogP contribution in [0.25, 0.3) is 0 Å². The molecule has 0 bridgehead atoms. The van der Waals surface area contributed by atoms with Crippen LogP contribution in [0.4, 0.5) is 0 Å². The van der Waals surface area contributed by atoms with E-state index in [-0.39, 0.29) is 0 Å². The van der Waals surface area contributed by atoms with Crippen molar-refractivity contribution >= 4 is 8.56 Å². The molecule has 2 aliphatic rings. The summed E-state index contributed by atoms with van der Waals surface area (Å²) in [6, 6.07) is 0. The fourth-order valence-electron chi connectivity index (χ4n) is 4.39. The fraction of sp³-hybridized carbons (Fsp3) is 1.00. The first-order chi connectivity index (χ1) is 8.73. The fourth-order valence-corrected chi connectivity index (χ4v) is 9.10. The molecule has 0 saturated heterocycles. The highest BCUT2D eigenvalue weighted by Gasteiger charge is 2.51. The van der Waals surface area contributed by atoms with Crippen molar-refractivity contribution in [3.05, 3.63) is 0 Å². The lowest BCUT2D eigenvalue weighted by Crippen LogP contribution is -2.51. The molecule has 2 unspecified atom stereocenters. The van der Waals surface area contributed by atoms with E-state index in [4.69, 9.17) is 8.85 Å². The Labute approximate surface area is 114 Å². The molecule has 0 N–H and O–H groups in total. The SMILES string of the molecule is CO[Si](OC)(C1CCCCC1)C1CCCC(C)C1. The van der Waals surface area contributed by atoms with Gasteiger partial charge in [0, 0.05) is 25.3 Å². The van der Waals surface area contributed by atoms with Crippen molar-refractivity contribution in [2.75, 3.05) is 14.2 Å². The quantitative estimate of drug-likeness (QED) is 0.693. The lowest BCUT2D eigenvalue weighted by molar-refractivity contribution is 0.185. The molecule has 2 rings (SSSR count). The summed E-state index contributed by atoms with van der Waals surface area (Å²) in [7, 11) is 1.86. The van der Waals surface area contributed by atoms with Crippen LogP contribution < -0.4 is 0 Å². The maximum absolute atomic E-state index is 6.13. The zero-order valence-corrected chi connectivity index (χ0v) is 13.4. The zero-order chi connectivity index (χ0) is 13.0. The maximum atomic E-state index is 6.13. The van der Waals surface area contributed by atoms with Crippen LogP contribution in [0.1, 0.15) is 64.7 Å². The van der Waals surface area contributed by atoms with E-state index in [9.17, 15) is 0 Å². The summed E-state index contributed by atoms with van der Waals surface area (Å²) < 4.78 is 12.3. The van der Waals surface area contributed by atoms with Gasteiger partial charge >= 0.3 is 8.56 Å². The largest absolute Gasteiger partial charge is 0.397 e. The van der Waals surface area contributed by atoms with Crippen molar-refractivity contribution in [3.8, 4) is 0 Å². The Kier molecular flexibility index (Phi) is 5.28. The standard InChI is InChI=1S/C15H30O2Si/c1-13-8-7-11-15(12-13)18(16-2,17-3)14-9-5-4-6-10-14/h13-15H,4-12H2,1-3H3. The first-order valence-electron chi connectivity index (χ1n) is 7.83. The zero-order valence-electron chi connectivity index (χ0n) is 12.4. The summed E-state index contributed by atoms with van der Waals surface area (Å²) in [4.78, 5) is 0. The third-order valence-electron chi connectivity index (χ3n) is 5.32. The molecule has 2 aliphatic carbocycles. The van der Waals surface area contributed by atoms with Crippen molar-refractivity contribution in [3.63, 3.8) is 0 Å². The minimum Gasteiger partial charge on any atom is -0.397 e. The van der Waals surface area contributed by atoms with Gasteiger partial charge in [-0.25, -0.2) is 0 Å². The molecule has 106 valence electrons. The molecule has 0 heterocycles. The normalized spacial score (nSPS) is 31.5. The first-order valence-corrected chi connectivity index (χ1v) is 9.80. The van der Waals surface area contributed by atoms with Crippen LogP contribution in [0.15, 0.2) is 0 Å². The molecular weight excluding hydrogens is 240 g/mol. The van der Waals surface area contributed by atoms with Crippen molar-refractivity contribution in [2.24, 2.45) is 5.92 Å². The lowest BCUT2D eigenvalue weighted by Gasteiger charge is -2.44. The Bertz CT molecular complexity index is 247. The number of rotatable bonds is 4. The van der Waals surface area contributed by atoms with Gasteiger partial charge in [-0.1, -0.05) is 39.0 Å². The van der Waals surface area contributed by atoms with Gasteiger partial charge in [0.15, 0.2) is 0 Å². The first kappa shape index (κ1) is 14.5. The monoisotopic (exact) mass is 270 g/mol. The van der Waals surface area contributed by atoms with Crippen LogP contribution in [0.3, 0.4) is 0 Å². The summed E-state index contributed by atoms with van der Waals surface area (Å²) in [5.41, 5.74) is 1.48. The minimum absolute atomic E-state index is 0.736. The average Bonchev–Trinajstić information content (AvgIpc) is 2.42. The Morgan fingerprint density at radius 1 is 0.778 bits per heavy atom. The maximum Gasteiger partial charge on any atom is 0.344 e. The summed E-state index contributed by atoms with van der Waals surface area (Å²) in [6.45, 7) is 2.40. The molecule has 0 aromatic rings. The van der Waals surface area contributed by atoms with Crippen molar-refractivity contribution in [1.82, 2.24) is 0 Å². The van der Waals surface area contributed by atoms with Crippen LogP contribution in [-0.4, -0.2) is 22.8 Å². The number of hydrogen-bond donors (Lipinski definition) is 0. The molecule has 3 heteroatoms. The predicted molar refractivity (Wildman–Crippen MR) is 78.0 cm³/mol.